The van der Waals surface area contributed by atoms with Crippen molar-refractivity contribution in [3.05, 3.63) is 15.8 Å². The Hall–Kier alpha value is -1.59. The summed E-state index contributed by atoms with van der Waals surface area (Å²) in [6, 6.07) is 0. The van der Waals surface area contributed by atoms with E-state index in [-0.39, 0.29) is 5.69 Å². The number of unbranched alkanes of at least 4 members (excludes halogenated alkanes) is 1. The Kier molecular flexibility index (Phi) is 3.65. The number of hydrogen-bond donors (Lipinski definition) is 1. The Labute approximate surface area is 88.4 Å². The summed E-state index contributed by atoms with van der Waals surface area (Å²) >= 11 is 0. The Morgan fingerprint density at radius 1 is 1.60 bits per heavy atom. The fraction of sp³-hybridized carbons (Fsp3) is 0.667. The largest absolute Gasteiger partial charge is 0.365 e. The van der Waals surface area contributed by atoms with E-state index in [1.165, 1.54) is 4.68 Å². The summed E-state index contributed by atoms with van der Waals surface area (Å²) in [4.78, 5) is 10.4. The first-order valence-electron chi connectivity index (χ1n) is 4.99. The molecule has 6 nitrogen and oxygen atoms in total. The summed E-state index contributed by atoms with van der Waals surface area (Å²) in [6.07, 6.45) is 2.04. The third-order valence-corrected chi connectivity index (χ3v) is 2.20. The lowest BCUT2D eigenvalue weighted by Gasteiger charge is -2.04. The van der Waals surface area contributed by atoms with Gasteiger partial charge in [0.2, 0.25) is 5.82 Å². The lowest BCUT2D eigenvalue weighted by Crippen LogP contribution is -2.07. The Morgan fingerprint density at radius 2 is 2.27 bits per heavy atom. The van der Waals surface area contributed by atoms with E-state index in [0.717, 1.165) is 19.4 Å². The Morgan fingerprint density at radius 3 is 2.80 bits per heavy atom. The normalized spacial score (nSPS) is 10.3. The summed E-state index contributed by atoms with van der Waals surface area (Å²) in [6.45, 7) is 4.45. The van der Waals surface area contributed by atoms with Crippen LogP contribution in [-0.4, -0.2) is 21.2 Å². The number of nitrogens with zero attached hydrogens (tertiary/aromatic N) is 3. The zero-order chi connectivity index (χ0) is 11.4. The van der Waals surface area contributed by atoms with Gasteiger partial charge in [0.1, 0.15) is 5.69 Å². The first-order chi connectivity index (χ1) is 7.07. The van der Waals surface area contributed by atoms with E-state index in [4.69, 9.17) is 0 Å². The van der Waals surface area contributed by atoms with E-state index in [2.05, 4.69) is 17.3 Å². The number of aryl methyl sites for hydroxylation is 2. The Balaban J connectivity index is 2.89. The average molecular weight is 212 g/mol. The lowest BCUT2D eigenvalue weighted by molar-refractivity contribution is -0.384. The van der Waals surface area contributed by atoms with Crippen LogP contribution in [0.4, 0.5) is 11.5 Å². The molecule has 0 radical (unpaired) electrons. The van der Waals surface area contributed by atoms with Gasteiger partial charge in [-0.3, -0.25) is 10.1 Å². The molecule has 1 heterocycles. The van der Waals surface area contributed by atoms with E-state index in [1.54, 1.807) is 14.0 Å². The van der Waals surface area contributed by atoms with Gasteiger partial charge in [-0.15, -0.1) is 0 Å². The quantitative estimate of drug-likeness (QED) is 0.459. The monoisotopic (exact) mass is 212 g/mol. The number of hydrogen-bond acceptors (Lipinski definition) is 4. The highest BCUT2D eigenvalue weighted by atomic mass is 16.6. The summed E-state index contributed by atoms with van der Waals surface area (Å²) in [5, 5.41) is 17.9. The molecule has 0 spiro atoms. The number of aromatic nitrogens is 2. The molecule has 0 bridgehead atoms. The maximum atomic E-state index is 10.8. The molecule has 1 N–H and O–H groups in total. The Bertz CT molecular complexity index is 359. The minimum atomic E-state index is -0.392. The van der Waals surface area contributed by atoms with Crippen molar-refractivity contribution in [3.8, 4) is 0 Å². The number of nitro groups is 1. The highest BCUT2D eigenvalue weighted by Gasteiger charge is 2.23. The van der Waals surface area contributed by atoms with Crippen molar-refractivity contribution in [2.45, 2.75) is 26.7 Å². The summed E-state index contributed by atoms with van der Waals surface area (Å²) in [5.74, 6) is 0.492. The van der Waals surface area contributed by atoms with Gasteiger partial charge >= 0.3 is 5.69 Å². The molecule has 6 heteroatoms. The molecule has 0 aliphatic rings. The van der Waals surface area contributed by atoms with Gasteiger partial charge in [-0.05, 0) is 13.3 Å². The SMILES string of the molecule is CCCCNc1c([N+](=O)[O-])c(C)nn1C. The van der Waals surface area contributed by atoms with Crippen LogP contribution in [-0.2, 0) is 7.05 Å². The zero-order valence-electron chi connectivity index (χ0n) is 9.28. The molecule has 15 heavy (non-hydrogen) atoms. The van der Waals surface area contributed by atoms with Gasteiger partial charge in [0, 0.05) is 13.6 Å². The molecule has 0 aliphatic carbocycles. The molecule has 0 saturated heterocycles. The van der Waals surface area contributed by atoms with Crippen LogP contribution in [0.2, 0.25) is 0 Å². The lowest BCUT2D eigenvalue weighted by atomic mass is 10.3. The van der Waals surface area contributed by atoms with E-state index in [0.29, 0.717) is 11.5 Å². The van der Waals surface area contributed by atoms with Crippen LogP contribution in [0.5, 0.6) is 0 Å². The molecule has 0 aliphatic heterocycles. The van der Waals surface area contributed by atoms with Crippen molar-refractivity contribution in [2.24, 2.45) is 7.05 Å². The van der Waals surface area contributed by atoms with Crippen LogP contribution in [0.15, 0.2) is 0 Å². The van der Waals surface area contributed by atoms with E-state index in [9.17, 15) is 10.1 Å². The van der Waals surface area contributed by atoms with Gasteiger partial charge in [-0.1, -0.05) is 13.3 Å². The molecular weight excluding hydrogens is 196 g/mol. The van der Waals surface area contributed by atoms with Crippen LogP contribution in [0, 0.1) is 17.0 Å². The van der Waals surface area contributed by atoms with Crippen LogP contribution >= 0.6 is 0 Å². The maximum Gasteiger partial charge on any atom is 0.333 e. The molecule has 0 amide bonds. The second-order valence-electron chi connectivity index (χ2n) is 3.44. The van der Waals surface area contributed by atoms with Crippen molar-refractivity contribution < 1.29 is 4.92 Å². The zero-order valence-corrected chi connectivity index (χ0v) is 9.28. The molecule has 1 aromatic heterocycles. The first kappa shape index (κ1) is 11.5. The van der Waals surface area contributed by atoms with Crippen molar-refractivity contribution in [2.75, 3.05) is 11.9 Å². The van der Waals surface area contributed by atoms with Gasteiger partial charge in [-0.25, -0.2) is 4.68 Å². The number of nitrogens with one attached hydrogen (secondary N) is 1. The van der Waals surface area contributed by atoms with Crippen LogP contribution in [0.25, 0.3) is 0 Å². The van der Waals surface area contributed by atoms with Gasteiger partial charge in [0.05, 0.1) is 4.92 Å². The third kappa shape index (κ3) is 2.45. The van der Waals surface area contributed by atoms with E-state index >= 15 is 0 Å². The van der Waals surface area contributed by atoms with Crippen LogP contribution < -0.4 is 5.32 Å². The molecular formula is C9H16N4O2. The highest BCUT2D eigenvalue weighted by Crippen LogP contribution is 2.26. The van der Waals surface area contributed by atoms with E-state index in [1.807, 2.05) is 0 Å². The topological polar surface area (TPSA) is 73.0 Å². The second kappa shape index (κ2) is 4.77. The average Bonchev–Trinajstić information content (AvgIpc) is 2.42. The molecule has 0 unspecified atom stereocenters. The van der Waals surface area contributed by atoms with Gasteiger partial charge in [-0.2, -0.15) is 5.10 Å². The molecule has 1 aromatic rings. The summed E-state index contributed by atoms with van der Waals surface area (Å²) < 4.78 is 1.52. The molecule has 0 saturated carbocycles. The van der Waals surface area contributed by atoms with Gasteiger partial charge in [0.25, 0.3) is 0 Å². The van der Waals surface area contributed by atoms with Crippen molar-refractivity contribution in [3.63, 3.8) is 0 Å². The predicted molar refractivity (Wildman–Crippen MR) is 58.0 cm³/mol. The number of anilines is 1. The molecule has 84 valence electrons. The van der Waals surface area contributed by atoms with Crippen molar-refractivity contribution in [1.29, 1.82) is 0 Å². The van der Waals surface area contributed by atoms with E-state index < -0.39 is 4.92 Å². The van der Waals surface area contributed by atoms with Crippen molar-refractivity contribution in [1.82, 2.24) is 9.78 Å². The molecule has 0 fully saturated rings. The molecule has 0 aromatic carbocycles. The minimum absolute atomic E-state index is 0.0774. The van der Waals surface area contributed by atoms with Gasteiger partial charge < -0.3 is 5.32 Å². The van der Waals surface area contributed by atoms with Crippen LogP contribution in [0.1, 0.15) is 25.5 Å². The smallest absolute Gasteiger partial charge is 0.333 e. The summed E-state index contributed by atoms with van der Waals surface area (Å²) in [5.41, 5.74) is 0.523. The van der Waals surface area contributed by atoms with Crippen LogP contribution in [0.3, 0.4) is 0 Å². The fourth-order valence-electron chi connectivity index (χ4n) is 1.45. The summed E-state index contributed by atoms with van der Waals surface area (Å²) in [7, 11) is 1.70. The first-order valence-corrected chi connectivity index (χ1v) is 4.99. The standard InChI is InChI=1S/C9H16N4O2/c1-4-5-6-10-9-8(13(14)15)7(2)11-12(9)3/h10H,4-6H2,1-3H3. The fourth-order valence-corrected chi connectivity index (χ4v) is 1.45. The second-order valence-corrected chi connectivity index (χ2v) is 3.44. The molecule has 0 atom stereocenters. The van der Waals surface area contributed by atoms with Crippen molar-refractivity contribution >= 4 is 11.5 Å². The third-order valence-electron chi connectivity index (χ3n) is 2.20. The maximum absolute atomic E-state index is 10.8. The number of rotatable bonds is 5. The highest BCUT2D eigenvalue weighted by molar-refractivity contribution is 5.59. The predicted octanol–water partition coefficient (Wildman–Crippen LogP) is 1.85. The van der Waals surface area contributed by atoms with Gasteiger partial charge in [0.15, 0.2) is 0 Å². The molecule has 1 rings (SSSR count). The minimum Gasteiger partial charge on any atom is -0.365 e.